The highest BCUT2D eigenvalue weighted by Gasteiger charge is 2.29. The van der Waals surface area contributed by atoms with Gasteiger partial charge in [0.15, 0.2) is 10.1 Å². The van der Waals surface area contributed by atoms with Crippen molar-refractivity contribution in [2.75, 3.05) is 17.2 Å². The predicted octanol–water partition coefficient (Wildman–Crippen LogP) is 4.39. The van der Waals surface area contributed by atoms with Crippen molar-refractivity contribution >= 4 is 88.1 Å². The first-order valence-corrected chi connectivity index (χ1v) is 17.0. The Morgan fingerprint density at radius 2 is 2.08 bits per heavy atom. The molecule has 1 unspecified atom stereocenters. The van der Waals surface area contributed by atoms with Crippen molar-refractivity contribution < 1.29 is 35.6 Å². The van der Waals surface area contributed by atoms with E-state index in [0.717, 1.165) is 35.9 Å². The second kappa shape index (κ2) is 12.0. The Bertz CT molecular complexity index is 1750. The minimum absolute atomic E-state index is 0.155. The SMILES string of the molecule is CC([O-])=NOS(=O)CCCN1C(=Cc2sc3ccc(-c4ccoc4)cc3[n+]2CS(=O)(=O)[O-])Sc2ccc(Br)cc21. The van der Waals surface area contributed by atoms with Crippen LogP contribution in [0.4, 0.5) is 5.69 Å². The Kier molecular flexibility index (Phi) is 8.68. The number of aromatic nitrogens is 1. The van der Waals surface area contributed by atoms with Crippen molar-refractivity contribution in [1.82, 2.24) is 0 Å². The molecular weight excluding hydrogens is 662 g/mol. The lowest BCUT2D eigenvalue weighted by Crippen LogP contribution is -2.39. The molecule has 1 atom stereocenters. The van der Waals surface area contributed by atoms with Gasteiger partial charge in [-0.2, -0.15) is 4.57 Å². The first kappa shape index (κ1) is 28.8. The molecule has 0 amide bonds. The van der Waals surface area contributed by atoms with E-state index in [2.05, 4.69) is 21.1 Å². The average Bonchev–Trinajstić information content (AvgIpc) is 3.61. The Balaban J connectivity index is 1.52. The Hall–Kier alpha value is -2.69. The van der Waals surface area contributed by atoms with Crippen molar-refractivity contribution in [3.63, 3.8) is 0 Å². The quantitative estimate of drug-likeness (QED) is 0.0783. The van der Waals surface area contributed by atoms with Gasteiger partial charge in [-0.05, 0) is 49.2 Å². The summed E-state index contributed by atoms with van der Waals surface area (Å²) in [5.74, 6) is -1.13. The molecule has 4 aromatic rings. The number of nitrogens with zero attached hydrogens (tertiary/aromatic N) is 3. The fourth-order valence-electron chi connectivity index (χ4n) is 4.10. The second-order valence-corrected chi connectivity index (χ2v) is 14.2. The number of benzene rings is 2. The molecule has 3 heterocycles. The Labute approximate surface area is 249 Å². The topological polar surface area (TPSA) is 139 Å². The van der Waals surface area contributed by atoms with Crippen molar-refractivity contribution in [3.05, 3.63) is 69.5 Å². The van der Waals surface area contributed by atoms with Crippen LogP contribution in [0.5, 0.6) is 0 Å². The Morgan fingerprint density at radius 1 is 1.25 bits per heavy atom. The number of anilines is 1. The molecule has 0 saturated carbocycles. The van der Waals surface area contributed by atoms with Gasteiger partial charge in [0.25, 0.3) is 5.01 Å². The summed E-state index contributed by atoms with van der Waals surface area (Å²) in [6.45, 7) is 1.67. The molecule has 0 bridgehead atoms. The van der Waals surface area contributed by atoms with Gasteiger partial charge in [-0.1, -0.05) is 50.3 Å². The van der Waals surface area contributed by atoms with E-state index in [9.17, 15) is 22.3 Å². The molecule has 0 N–H and O–H groups in total. The third kappa shape index (κ3) is 6.78. The lowest BCUT2D eigenvalue weighted by molar-refractivity contribution is -0.649. The fourth-order valence-corrected chi connectivity index (χ4v) is 8.01. The van der Waals surface area contributed by atoms with Crippen LogP contribution in [0.3, 0.4) is 0 Å². The molecule has 210 valence electrons. The van der Waals surface area contributed by atoms with Gasteiger partial charge < -0.3 is 19.0 Å². The maximum absolute atomic E-state index is 12.1. The molecule has 1 aliphatic rings. The van der Waals surface area contributed by atoms with Crippen LogP contribution >= 0.6 is 39.0 Å². The smallest absolute Gasteiger partial charge is 0.266 e. The number of fused-ring (bicyclic) bond motifs is 2. The van der Waals surface area contributed by atoms with E-state index in [-0.39, 0.29) is 5.75 Å². The molecule has 0 saturated heterocycles. The molecular formula is C25H21BrN3O7S4-. The third-order valence-electron chi connectivity index (χ3n) is 5.75. The standard InChI is InChI=1S/C25H22BrN3O7S4/c1-16(30)27-36-39(31)10-2-8-28-21-12-19(26)4-6-23(21)37-24(28)13-25-29(15-40(32,33)34)20-11-17(3-5-22(20)38-25)18-7-9-35-14-18/h3-7,9,11-14H,2,8,10,15H2,1H3,(H-,27,30,32,33,34)/p-1. The van der Waals surface area contributed by atoms with Gasteiger partial charge >= 0.3 is 0 Å². The number of hydrogen-bond acceptors (Lipinski definition) is 11. The van der Waals surface area contributed by atoms with Crippen LogP contribution in [0.15, 0.2) is 79.0 Å². The Morgan fingerprint density at radius 3 is 2.80 bits per heavy atom. The highest BCUT2D eigenvalue weighted by Crippen LogP contribution is 2.48. The summed E-state index contributed by atoms with van der Waals surface area (Å²) in [4.78, 5) is 3.03. The minimum atomic E-state index is -4.60. The minimum Gasteiger partial charge on any atom is -0.860 e. The first-order chi connectivity index (χ1) is 19.1. The second-order valence-electron chi connectivity index (χ2n) is 8.64. The van der Waals surface area contributed by atoms with Crippen LogP contribution in [0.1, 0.15) is 18.4 Å². The van der Waals surface area contributed by atoms with Gasteiger partial charge in [-0.15, -0.1) is 0 Å². The summed E-state index contributed by atoms with van der Waals surface area (Å²) in [7, 11) is -4.60. The molecule has 1 aliphatic heterocycles. The van der Waals surface area contributed by atoms with Gasteiger partial charge in [0.05, 0.1) is 35.1 Å². The van der Waals surface area contributed by atoms with Gasteiger partial charge in [-0.3, -0.25) is 4.28 Å². The molecule has 40 heavy (non-hydrogen) atoms. The predicted molar refractivity (Wildman–Crippen MR) is 157 cm³/mol. The van der Waals surface area contributed by atoms with E-state index in [1.54, 1.807) is 18.6 Å². The maximum atomic E-state index is 12.1. The van der Waals surface area contributed by atoms with E-state index >= 15 is 0 Å². The van der Waals surface area contributed by atoms with Crippen molar-refractivity contribution in [2.24, 2.45) is 5.16 Å². The normalized spacial score (nSPS) is 15.6. The monoisotopic (exact) mass is 682 g/mol. The number of rotatable bonds is 10. The highest BCUT2D eigenvalue weighted by molar-refractivity contribution is 9.10. The van der Waals surface area contributed by atoms with E-state index < -0.39 is 33.0 Å². The number of halogens is 1. The molecule has 2 aromatic carbocycles. The number of oxime groups is 1. The van der Waals surface area contributed by atoms with Crippen LogP contribution in [-0.4, -0.2) is 35.4 Å². The van der Waals surface area contributed by atoms with Gasteiger partial charge in [0, 0.05) is 33.4 Å². The van der Waals surface area contributed by atoms with Crippen LogP contribution in [0.2, 0.25) is 0 Å². The van der Waals surface area contributed by atoms with E-state index in [1.165, 1.54) is 34.6 Å². The molecule has 10 nitrogen and oxygen atoms in total. The molecule has 5 rings (SSSR count). The largest absolute Gasteiger partial charge is 0.860 e. The molecule has 0 aliphatic carbocycles. The zero-order valence-electron chi connectivity index (χ0n) is 20.8. The van der Waals surface area contributed by atoms with E-state index in [1.807, 2.05) is 47.4 Å². The fraction of sp³-hybridized carbons (Fsp3) is 0.200. The van der Waals surface area contributed by atoms with E-state index in [4.69, 9.17) is 8.70 Å². The van der Waals surface area contributed by atoms with Crippen LogP contribution < -0.4 is 14.6 Å². The van der Waals surface area contributed by atoms with Gasteiger partial charge in [0.2, 0.25) is 22.5 Å². The number of hydrogen-bond donors (Lipinski definition) is 0. The molecule has 0 fully saturated rings. The van der Waals surface area contributed by atoms with Crippen LogP contribution in [-0.2, 0) is 31.4 Å². The molecule has 15 heteroatoms. The third-order valence-corrected chi connectivity index (χ3v) is 9.91. The first-order valence-electron chi connectivity index (χ1n) is 11.7. The molecule has 0 spiro atoms. The van der Waals surface area contributed by atoms with Gasteiger partial charge in [0.1, 0.15) is 4.70 Å². The summed E-state index contributed by atoms with van der Waals surface area (Å²) < 4.78 is 61.0. The van der Waals surface area contributed by atoms with Gasteiger partial charge in [-0.25, -0.2) is 12.6 Å². The number of thioether (sulfide) groups is 1. The molecule has 0 radical (unpaired) electrons. The summed E-state index contributed by atoms with van der Waals surface area (Å²) in [6, 6.07) is 13.3. The summed E-state index contributed by atoms with van der Waals surface area (Å²) in [5, 5.41) is 15.6. The lowest BCUT2D eigenvalue weighted by atomic mass is 10.1. The number of thiazole rings is 1. The summed E-state index contributed by atoms with van der Waals surface area (Å²) in [6.07, 6.45) is 5.48. The maximum Gasteiger partial charge on any atom is 0.266 e. The van der Waals surface area contributed by atoms with Crippen LogP contribution in [0, 0.1) is 0 Å². The van der Waals surface area contributed by atoms with Crippen molar-refractivity contribution in [3.8, 4) is 11.1 Å². The summed E-state index contributed by atoms with van der Waals surface area (Å²) in [5.41, 5.74) is 3.21. The average molecular weight is 684 g/mol. The molecule has 2 aromatic heterocycles. The number of furan rings is 1. The lowest BCUT2D eigenvalue weighted by Gasteiger charge is -2.20. The van der Waals surface area contributed by atoms with Crippen molar-refractivity contribution in [2.45, 2.75) is 24.1 Å². The zero-order chi connectivity index (χ0) is 28.4. The summed E-state index contributed by atoms with van der Waals surface area (Å²) >= 11 is 4.65. The zero-order valence-corrected chi connectivity index (χ0v) is 25.7. The van der Waals surface area contributed by atoms with Crippen LogP contribution in [0.25, 0.3) is 27.4 Å². The van der Waals surface area contributed by atoms with Crippen molar-refractivity contribution in [1.29, 1.82) is 0 Å². The highest BCUT2D eigenvalue weighted by atomic mass is 79.9. The van der Waals surface area contributed by atoms with E-state index in [0.29, 0.717) is 23.5 Å².